The van der Waals surface area contributed by atoms with E-state index in [2.05, 4.69) is 326 Å². The van der Waals surface area contributed by atoms with Crippen LogP contribution in [-0.2, 0) is 129 Å². The van der Waals surface area contributed by atoms with Gasteiger partial charge in [-0.1, -0.05) is 166 Å². The minimum atomic E-state index is 0.120. The van der Waals surface area contributed by atoms with Gasteiger partial charge in [0.2, 0.25) is 0 Å². The van der Waals surface area contributed by atoms with Crippen LogP contribution in [0.2, 0.25) is 0 Å². The van der Waals surface area contributed by atoms with Crippen molar-refractivity contribution >= 4 is 92.5 Å². The molecule has 0 saturated carbocycles. The number of halogens is 1. The van der Waals surface area contributed by atoms with Crippen LogP contribution in [0.15, 0.2) is 150 Å². The molecule has 0 unspecified atom stereocenters. The monoisotopic (exact) mass is 2400 g/mol. The standard InChI is InChI=1S/C28H16.C19H9I.C12H6.6C5H12.6W/c1-2-6-18-10-21-14-27-22(12-20(21)9-17(18)5-1)13-24-15-26-23(16-28(24)27)11-19-7-3-4-8-25(19)26;1-2-4-16-12(3-1)7-13-9-19-14(10-18(13)16)8-15-11-20-6-5-17(15)19;1-3-9-7-11-5-2-6-12(11)8-10(9)4-1;6*1-5(2,3)4;;;;;;/h1-8,12,14-16H,9,13H2;1-6,9-11H;1-3,6-8H;6*1-4H3;;;;;;. The predicted octanol–water partition coefficient (Wildman–Crippen LogP) is 26.0. The minimum absolute atomic E-state index is 0.120. The number of rotatable bonds is 0. The summed E-state index contributed by atoms with van der Waals surface area (Å²) in [6.07, 6.45) is 4.49. The van der Waals surface area contributed by atoms with Gasteiger partial charge < -0.3 is 0 Å². The summed E-state index contributed by atoms with van der Waals surface area (Å²) in [6, 6.07) is 55.2. The van der Waals surface area contributed by atoms with Crippen molar-refractivity contribution in [3.63, 3.8) is 0 Å². The van der Waals surface area contributed by atoms with E-state index in [1.54, 1.807) is 120 Å². The average Bonchev–Trinajstić information content (AvgIpc) is 1.56. The van der Waals surface area contributed by atoms with Crippen molar-refractivity contribution in [1.29, 1.82) is 0 Å². The molecule has 7 heteroatoms. The molecule has 1 aliphatic heterocycles. The first-order valence-corrected chi connectivity index (χ1v) is 44.9. The zero-order valence-electron chi connectivity index (χ0n) is 61.8. The van der Waals surface area contributed by atoms with Gasteiger partial charge >= 0.3 is 463 Å². The van der Waals surface area contributed by atoms with E-state index < -0.39 is 0 Å². The molecule has 0 bridgehead atoms. The van der Waals surface area contributed by atoms with Crippen LogP contribution in [-0.4, -0.2) is 11.8 Å². The Bertz CT molecular complexity index is 4750. The molecule has 1 heterocycles. The van der Waals surface area contributed by atoms with Crippen LogP contribution in [0.25, 0.3) is 82.2 Å². The van der Waals surface area contributed by atoms with Gasteiger partial charge in [0.25, 0.3) is 0 Å². The van der Waals surface area contributed by atoms with Gasteiger partial charge in [-0.3, -0.25) is 0 Å². The van der Waals surface area contributed by atoms with Crippen LogP contribution in [0.3, 0.4) is 0 Å². The molecule has 0 amide bonds. The number of hydrogen-bond acceptors (Lipinski definition) is 0. The Morgan fingerprint density at radius 3 is 1.19 bits per heavy atom. The average molecular weight is 2400 g/mol. The van der Waals surface area contributed by atoms with Gasteiger partial charge in [0, 0.05) is 0 Å². The molecule has 0 aromatic heterocycles. The number of benzene rings is 7. The predicted molar refractivity (Wildman–Crippen MR) is 413 cm³/mol. The molecule has 0 fully saturated rings. The fraction of sp³-hybridized carbons (Fsp3) is 0.360. The molecule has 0 N–H and O–H groups in total. The third-order valence-corrected chi connectivity index (χ3v) is 24.5. The summed E-state index contributed by atoms with van der Waals surface area (Å²) in [5.41, 5.74) is 23.6. The normalized spacial score (nSPS) is 13.1. The van der Waals surface area contributed by atoms with Gasteiger partial charge in [0.1, 0.15) is 0 Å². The Labute approximate surface area is 653 Å². The first kappa shape index (κ1) is 80.8. The van der Waals surface area contributed by atoms with Crippen molar-refractivity contribution < 1.29 is 116 Å². The van der Waals surface area contributed by atoms with E-state index in [0.717, 1.165) is 12.8 Å². The molecule has 96 heavy (non-hydrogen) atoms. The van der Waals surface area contributed by atoms with Gasteiger partial charge in [-0.15, -0.1) is 0 Å². The molecule has 0 spiro atoms. The molecular weight excluding hydrogens is 2300 g/mol. The zero-order valence-corrected chi connectivity index (χ0v) is 81.6. The van der Waals surface area contributed by atoms with E-state index in [-0.39, 0.29) is 20.7 Å². The van der Waals surface area contributed by atoms with E-state index in [9.17, 15) is 0 Å². The first-order valence-electron chi connectivity index (χ1n) is 33.7. The van der Waals surface area contributed by atoms with Crippen molar-refractivity contribution in [2.24, 2.45) is 32.5 Å². The molecule has 0 saturated heterocycles. The van der Waals surface area contributed by atoms with E-state index in [4.69, 9.17) is 0 Å². The molecule has 502 valence electrons. The molecule has 0 atom stereocenters. The Kier molecular flexibility index (Phi) is 27.6. The Hall–Kier alpha value is -2.55. The van der Waals surface area contributed by atoms with Crippen LogP contribution < -0.4 is 0 Å². The van der Waals surface area contributed by atoms with Crippen molar-refractivity contribution in [2.45, 2.75) is 179 Å². The summed E-state index contributed by atoms with van der Waals surface area (Å²) in [7, 11) is 0. The summed E-state index contributed by atoms with van der Waals surface area (Å²) in [5.74, 6) is 0. The molecule has 0 nitrogen and oxygen atoms in total. The van der Waals surface area contributed by atoms with E-state index in [1.807, 2.05) is 0 Å². The third kappa shape index (κ3) is 23.2. The van der Waals surface area contributed by atoms with Crippen LogP contribution >= 0.6 is 20.7 Å². The second-order valence-corrected chi connectivity index (χ2v) is 46.4. The van der Waals surface area contributed by atoms with E-state index in [1.165, 1.54) is 150 Å². The molecule has 0 radical (unpaired) electrons. The van der Waals surface area contributed by atoms with Crippen LogP contribution in [0, 0.1) is 46.7 Å². The van der Waals surface area contributed by atoms with Gasteiger partial charge in [0.05, 0.1) is 0 Å². The fourth-order valence-corrected chi connectivity index (χ4v) is 20.1. The number of hydrogen-bond donors (Lipinski definition) is 0. The molecular formula is C89H103IW6. The summed E-state index contributed by atoms with van der Waals surface area (Å²) < 4.78 is 13.9. The van der Waals surface area contributed by atoms with E-state index >= 15 is 0 Å². The van der Waals surface area contributed by atoms with E-state index in [0.29, 0.717) is 32.5 Å². The quantitative estimate of drug-likeness (QED) is 0.133. The second-order valence-electron chi connectivity index (χ2n) is 35.4. The Morgan fingerprint density at radius 2 is 0.667 bits per heavy atom. The Balaban J connectivity index is 0.000000173. The Morgan fingerprint density at radius 1 is 0.271 bits per heavy atom. The summed E-state index contributed by atoms with van der Waals surface area (Å²) in [4.78, 5) is 0. The fourth-order valence-electron chi connectivity index (χ4n) is 10.6. The topological polar surface area (TPSA) is 0 Å². The van der Waals surface area contributed by atoms with Crippen LogP contribution in [0.4, 0.5) is 0 Å². The van der Waals surface area contributed by atoms with Crippen LogP contribution in [0.1, 0.15) is 222 Å². The molecule has 11 aromatic carbocycles. The van der Waals surface area contributed by atoms with Crippen molar-refractivity contribution in [1.82, 2.24) is 0 Å². The number of fused-ring (bicyclic) bond motifs is 16. The SMILES string of the molecule is CC(C)(C)C.CC(C)(C)C.CC(C)(C)C.CC(C)(C)C.CC(C)(C)C.CC(C)(C)C.[W]=[C]1c2ccccc2Cc2cc3c(cc21)-c1cc2c(cc1C3)-c1ccccc1[C]2=[W].[W]=[c]1c2c(c3cc4[c](=[W])c5ccccc5c4cc13)C=CI=C2.[W]=[c]1ccc2cc3[c](=[W])ccc3cc12. The van der Waals surface area contributed by atoms with Gasteiger partial charge in [0.15, 0.2) is 0 Å². The molecule has 3 aliphatic carbocycles. The molecule has 11 aromatic rings. The maximum absolute atomic E-state index is 2.51. The van der Waals surface area contributed by atoms with Crippen molar-refractivity contribution in [2.75, 3.05) is 0 Å². The van der Waals surface area contributed by atoms with Gasteiger partial charge in [-0.05, 0) is 32.5 Å². The van der Waals surface area contributed by atoms with Crippen LogP contribution in [0.5, 0.6) is 0 Å². The summed E-state index contributed by atoms with van der Waals surface area (Å²) in [5, 5.41) is 14.4. The van der Waals surface area contributed by atoms with Gasteiger partial charge in [-0.2, -0.15) is 0 Å². The van der Waals surface area contributed by atoms with Crippen molar-refractivity contribution in [3.8, 4) is 22.3 Å². The molecule has 4 aliphatic rings. The first-order chi connectivity index (χ1) is 44.2. The molecule has 15 rings (SSSR count). The summed E-state index contributed by atoms with van der Waals surface area (Å²) >= 11 is 9.52. The van der Waals surface area contributed by atoms with Gasteiger partial charge in [-0.25, -0.2) is 0 Å². The van der Waals surface area contributed by atoms with Crippen molar-refractivity contribution in [3.05, 3.63) is 219 Å². The summed E-state index contributed by atoms with van der Waals surface area (Å²) in [6.45, 7) is 52.5. The maximum atomic E-state index is 2.51. The second kappa shape index (κ2) is 32.8. The third-order valence-electron chi connectivity index (χ3n) is 13.8. The zero-order chi connectivity index (χ0) is 71.5.